The van der Waals surface area contributed by atoms with E-state index in [9.17, 15) is 19.7 Å². The van der Waals surface area contributed by atoms with E-state index in [2.05, 4.69) is 0 Å². The quantitative estimate of drug-likeness (QED) is 0.267. The number of rotatable bonds is 9. The number of amides is 1. The number of non-ortho nitro benzene ring substituents is 1. The molecular weight excluding hydrogens is 382 g/mol. The van der Waals surface area contributed by atoms with E-state index in [4.69, 9.17) is 4.74 Å². The number of likely N-dealkylation sites (N-methyl/N-ethyl adjacent to an activating group) is 1. The molecule has 0 fully saturated rings. The van der Waals surface area contributed by atoms with Crippen LogP contribution in [0.2, 0.25) is 0 Å². The van der Waals surface area contributed by atoms with E-state index in [0.29, 0.717) is 13.1 Å². The highest BCUT2D eigenvalue weighted by molar-refractivity contribution is 8.00. The number of nitro benzene ring substituents is 1. The highest BCUT2D eigenvalue weighted by Gasteiger charge is 2.26. The maximum absolute atomic E-state index is 12.9. The molecule has 1 aromatic carbocycles. The van der Waals surface area contributed by atoms with E-state index in [0.717, 1.165) is 4.90 Å². The predicted molar refractivity (Wildman–Crippen MR) is 109 cm³/mol. The van der Waals surface area contributed by atoms with Gasteiger partial charge in [0.1, 0.15) is 12.1 Å². The molecular formula is C19H29N3O5S. The molecule has 0 aromatic heterocycles. The Hall–Kier alpha value is -2.13. The summed E-state index contributed by atoms with van der Waals surface area (Å²) in [6.07, 6.45) is 0. The molecule has 0 heterocycles. The highest BCUT2D eigenvalue weighted by atomic mass is 32.2. The number of hydrogen-bond donors (Lipinski definition) is 0. The fourth-order valence-electron chi connectivity index (χ4n) is 2.28. The zero-order valence-corrected chi connectivity index (χ0v) is 18.1. The minimum atomic E-state index is -0.619. The molecule has 0 saturated carbocycles. The fraction of sp³-hybridized carbons (Fsp3) is 0.579. The van der Waals surface area contributed by atoms with Gasteiger partial charge < -0.3 is 14.5 Å². The van der Waals surface area contributed by atoms with Crippen LogP contribution in [-0.2, 0) is 14.3 Å². The van der Waals surface area contributed by atoms with Crippen molar-refractivity contribution < 1.29 is 19.2 Å². The standard InChI is InChI=1S/C19H29N3O5S/c1-14(28-16-9-7-15(8-10-16)22(25)26)18(24)21(12-11-20(5)6)13-17(23)27-19(2,3)4/h7-10,14H,11-13H2,1-6H3. The highest BCUT2D eigenvalue weighted by Crippen LogP contribution is 2.26. The molecule has 8 nitrogen and oxygen atoms in total. The molecule has 1 aromatic rings. The number of hydrogen-bond acceptors (Lipinski definition) is 7. The van der Waals surface area contributed by atoms with Gasteiger partial charge in [0, 0.05) is 30.1 Å². The molecule has 1 amide bonds. The van der Waals surface area contributed by atoms with Crippen LogP contribution in [0.1, 0.15) is 27.7 Å². The van der Waals surface area contributed by atoms with Gasteiger partial charge >= 0.3 is 5.97 Å². The topological polar surface area (TPSA) is 93.0 Å². The molecule has 1 atom stereocenters. The maximum atomic E-state index is 12.9. The van der Waals surface area contributed by atoms with Crippen molar-refractivity contribution in [2.45, 2.75) is 43.4 Å². The molecule has 0 saturated heterocycles. The Morgan fingerprint density at radius 2 is 1.75 bits per heavy atom. The van der Waals surface area contributed by atoms with Gasteiger partial charge in [0.15, 0.2) is 0 Å². The summed E-state index contributed by atoms with van der Waals surface area (Å²) in [5.41, 5.74) is -0.618. The second kappa shape index (κ2) is 10.4. The van der Waals surface area contributed by atoms with Crippen LogP contribution in [0.5, 0.6) is 0 Å². The number of esters is 1. The van der Waals surface area contributed by atoms with Gasteiger partial charge in [-0.2, -0.15) is 0 Å². The maximum Gasteiger partial charge on any atom is 0.326 e. The number of ether oxygens (including phenoxy) is 1. The molecule has 1 unspecified atom stereocenters. The van der Waals surface area contributed by atoms with Crippen LogP contribution in [0.4, 0.5) is 5.69 Å². The minimum absolute atomic E-state index is 0.000801. The van der Waals surface area contributed by atoms with E-state index < -0.39 is 21.7 Å². The van der Waals surface area contributed by atoms with Gasteiger partial charge in [-0.3, -0.25) is 19.7 Å². The zero-order valence-electron chi connectivity index (χ0n) is 17.3. The molecule has 156 valence electrons. The van der Waals surface area contributed by atoms with Crippen molar-refractivity contribution in [3.05, 3.63) is 34.4 Å². The van der Waals surface area contributed by atoms with Crippen LogP contribution in [0.15, 0.2) is 29.2 Å². The average molecular weight is 412 g/mol. The first-order valence-corrected chi connectivity index (χ1v) is 9.83. The summed E-state index contributed by atoms with van der Waals surface area (Å²) in [6, 6.07) is 6.04. The van der Waals surface area contributed by atoms with Crippen molar-refractivity contribution in [1.29, 1.82) is 0 Å². The van der Waals surface area contributed by atoms with Gasteiger partial charge in [-0.25, -0.2) is 0 Å². The van der Waals surface area contributed by atoms with Crippen molar-refractivity contribution >= 4 is 29.3 Å². The van der Waals surface area contributed by atoms with Crippen molar-refractivity contribution in [3.8, 4) is 0 Å². The van der Waals surface area contributed by atoms with E-state index in [1.165, 1.54) is 28.8 Å². The second-order valence-corrected chi connectivity index (χ2v) is 9.07. The first-order valence-electron chi connectivity index (χ1n) is 8.95. The molecule has 0 bridgehead atoms. The Bertz CT molecular complexity index is 686. The second-order valence-electron chi connectivity index (χ2n) is 7.66. The van der Waals surface area contributed by atoms with Crippen molar-refractivity contribution in [3.63, 3.8) is 0 Å². The van der Waals surface area contributed by atoms with Crippen molar-refractivity contribution in [2.24, 2.45) is 0 Å². The Kier molecular flexibility index (Phi) is 8.90. The number of carbonyl (C=O) groups is 2. The van der Waals surface area contributed by atoms with E-state index >= 15 is 0 Å². The van der Waals surface area contributed by atoms with Crippen molar-refractivity contribution in [2.75, 3.05) is 33.7 Å². The van der Waals surface area contributed by atoms with Gasteiger partial charge in [0.05, 0.1) is 10.2 Å². The summed E-state index contributed by atoms with van der Waals surface area (Å²) >= 11 is 1.30. The Labute approximate surface area is 170 Å². The summed E-state index contributed by atoms with van der Waals surface area (Å²) in [7, 11) is 3.79. The SMILES string of the molecule is CC(Sc1ccc([N+](=O)[O-])cc1)C(=O)N(CCN(C)C)CC(=O)OC(C)(C)C. The van der Waals surface area contributed by atoms with E-state index in [-0.39, 0.29) is 18.1 Å². The number of carbonyl (C=O) groups excluding carboxylic acids is 2. The predicted octanol–water partition coefficient (Wildman–Crippen LogP) is 2.81. The zero-order chi connectivity index (χ0) is 21.5. The first kappa shape index (κ1) is 23.9. The van der Waals surface area contributed by atoms with Crippen LogP contribution in [0, 0.1) is 10.1 Å². The van der Waals surface area contributed by atoms with Crippen LogP contribution in [0.25, 0.3) is 0 Å². The lowest BCUT2D eigenvalue weighted by Gasteiger charge is -2.28. The third-order valence-electron chi connectivity index (χ3n) is 3.58. The van der Waals surface area contributed by atoms with Gasteiger partial charge in [0.25, 0.3) is 5.69 Å². The fourth-order valence-corrected chi connectivity index (χ4v) is 3.23. The lowest BCUT2D eigenvalue weighted by atomic mass is 10.2. The van der Waals surface area contributed by atoms with Gasteiger partial charge in [-0.1, -0.05) is 0 Å². The Balaban J connectivity index is 2.81. The molecule has 0 radical (unpaired) electrons. The molecule has 0 aliphatic carbocycles. The van der Waals surface area contributed by atoms with Crippen molar-refractivity contribution in [1.82, 2.24) is 9.80 Å². The first-order chi connectivity index (χ1) is 12.9. The smallest absolute Gasteiger partial charge is 0.326 e. The number of thioether (sulfide) groups is 1. The Morgan fingerprint density at radius 3 is 2.21 bits per heavy atom. The van der Waals surface area contributed by atoms with Gasteiger partial charge in [0.2, 0.25) is 5.91 Å². The number of benzene rings is 1. The average Bonchev–Trinajstić information content (AvgIpc) is 2.56. The summed E-state index contributed by atoms with van der Waals surface area (Å²) in [5, 5.41) is 10.3. The molecule has 0 aliphatic rings. The summed E-state index contributed by atoms with van der Waals surface area (Å²) in [4.78, 5) is 39.6. The molecule has 1 rings (SSSR count). The van der Waals surface area contributed by atoms with Crippen LogP contribution < -0.4 is 0 Å². The summed E-state index contributed by atoms with van der Waals surface area (Å²) in [5.74, 6) is -0.636. The summed E-state index contributed by atoms with van der Waals surface area (Å²) in [6.45, 7) is 8.00. The lowest BCUT2D eigenvalue weighted by Crippen LogP contribution is -2.44. The van der Waals surface area contributed by atoms with E-state index in [1.807, 2.05) is 19.0 Å². The monoisotopic (exact) mass is 411 g/mol. The normalized spacial score (nSPS) is 12.5. The van der Waals surface area contributed by atoms with Gasteiger partial charge in [-0.15, -0.1) is 11.8 Å². The van der Waals surface area contributed by atoms with E-state index in [1.54, 1.807) is 39.8 Å². The minimum Gasteiger partial charge on any atom is -0.459 e. The van der Waals surface area contributed by atoms with Crippen LogP contribution in [0.3, 0.4) is 0 Å². The number of nitro groups is 1. The molecule has 0 spiro atoms. The number of nitrogens with zero attached hydrogens (tertiary/aromatic N) is 3. The largest absolute Gasteiger partial charge is 0.459 e. The molecule has 0 aliphatic heterocycles. The lowest BCUT2D eigenvalue weighted by molar-refractivity contribution is -0.384. The third kappa shape index (κ3) is 8.71. The molecule has 0 N–H and O–H groups in total. The van der Waals surface area contributed by atoms with Crippen LogP contribution in [-0.4, -0.2) is 71.2 Å². The van der Waals surface area contributed by atoms with Crippen LogP contribution >= 0.6 is 11.8 Å². The summed E-state index contributed by atoms with van der Waals surface area (Å²) < 4.78 is 5.34. The third-order valence-corrected chi connectivity index (χ3v) is 4.68. The van der Waals surface area contributed by atoms with Gasteiger partial charge in [-0.05, 0) is 53.9 Å². The molecule has 9 heteroatoms. The molecule has 28 heavy (non-hydrogen) atoms. The Morgan fingerprint density at radius 1 is 1.18 bits per heavy atom.